The molecule has 2 aromatic rings. The van der Waals surface area contributed by atoms with E-state index >= 15 is 0 Å². The van der Waals surface area contributed by atoms with Gasteiger partial charge >= 0.3 is 0 Å². The van der Waals surface area contributed by atoms with E-state index in [2.05, 4.69) is 39.7 Å². The molecule has 2 heterocycles. The second-order valence-electron chi connectivity index (χ2n) is 5.00. The predicted octanol–water partition coefficient (Wildman–Crippen LogP) is 3.00. The van der Waals surface area contributed by atoms with Crippen molar-refractivity contribution in [1.29, 1.82) is 0 Å². The van der Waals surface area contributed by atoms with E-state index in [1.165, 1.54) is 10.9 Å². The number of hydrogen-bond donors (Lipinski definition) is 2. The summed E-state index contributed by atoms with van der Waals surface area (Å²) in [5, 5.41) is 5.37. The van der Waals surface area contributed by atoms with Gasteiger partial charge in [0.25, 0.3) is 5.56 Å². The van der Waals surface area contributed by atoms with Crippen LogP contribution in [0.1, 0.15) is 37.4 Å². The van der Waals surface area contributed by atoms with Crippen LogP contribution in [0, 0.1) is 0 Å². The molecular weight excluding hydrogens is 258 g/mol. The Morgan fingerprint density at radius 2 is 2.21 bits per heavy atom. The van der Waals surface area contributed by atoms with Crippen LogP contribution in [0.2, 0.25) is 0 Å². The minimum absolute atomic E-state index is 0.107. The Morgan fingerprint density at radius 3 is 2.84 bits per heavy atom. The van der Waals surface area contributed by atoms with Gasteiger partial charge in [0.1, 0.15) is 11.6 Å². The van der Waals surface area contributed by atoms with E-state index < -0.39 is 0 Å². The highest BCUT2D eigenvalue weighted by molar-refractivity contribution is 7.09. The Morgan fingerprint density at radius 1 is 1.42 bits per heavy atom. The molecule has 0 aromatic carbocycles. The summed E-state index contributed by atoms with van der Waals surface area (Å²) in [7, 11) is 0. The molecule has 102 valence electrons. The molecule has 0 radical (unpaired) electrons. The van der Waals surface area contributed by atoms with Crippen LogP contribution in [-0.4, -0.2) is 16.0 Å². The van der Waals surface area contributed by atoms with Gasteiger partial charge in [0, 0.05) is 29.3 Å². The highest BCUT2D eigenvalue weighted by Crippen LogP contribution is 2.14. The lowest BCUT2D eigenvalue weighted by Crippen LogP contribution is -2.21. The Bertz CT molecular complexity index is 575. The highest BCUT2D eigenvalue weighted by Gasteiger charge is 2.08. The molecule has 4 nitrogen and oxygen atoms in total. The number of nitrogens with zero attached hydrogens (tertiary/aromatic N) is 1. The van der Waals surface area contributed by atoms with Crippen molar-refractivity contribution in [3.8, 4) is 0 Å². The summed E-state index contributed by atoms with van der Waals surface area (Å²) in [6.07, 6.45) is 0.934. The summed E-state index contributed by atoms with van der Waals surface area (Å²) in [4.78, 5) is 20.1. The average Bonchev–Trinajstić information content (AvgIpc) is 2.80. The molecule has 0 saturated heterocycles. The van der Waals surface area contributed by atoms with Crippen molar-refractivity contribution >= 4 is 17.2 Å². The van der Waals surface area contributed by atoms with E-state index in [1.807, 2.05) is 13.8 Å². The van der Waals surface area contributed by atoms with E-state index in [-0.39, 0.29) is 17.5 Å². The van der Waals surface area contributed by atoms with E-state index in [0.29, 0.717) is 5.82 Å². The fourth-order valence-corrected chi connectivity index (χ4v) is 2.69. The van der Waals surface area contributed by atoms with Gasteiger partial charge in [-0.15, -0.1) is 11.3 Å². The molecule has 0 spiro atoms. The first-order valence-electron chi connectivity index (χ1n) is 6.45. The number of hydrogen-bond acceptors (Lipinski definition) is 4. The first kappa shape index (κ1) is 13.8. The largest absolute Gasteiger partial charge is 0.367 e. The van der Waals surface area contributed by atoms with Gasteiger partial charge in [0.2, 0.25) is 0 Å². The molecule has 0 amide bonds. The minimum Gasteiger partial charge on any atom is -0.367 e. The summed E-state index contributed by atoms with van der Waals surface area (Å²) in [5.74, 6) is 1.58. The summed E-state index contributed by atoms with van der Waals surface area (Å²) in [6.45, 7) is 6.12. The number of aromatic amines is 1. The molecule has 2 rings (SSSR count). The average molecular weight is 277 g/mol. The third-order valence-corrected chi connectivity index (χ3v) is 3.69. The van der Waals surface area contributed by atoms with Gasteiger partial charge < -0.3 is 10.3 Å². The summed E-state index contributed by atoms with van der Waals surface area (Å²) in [6, 6.07) is 5.92. The Balaban J connectivity index is 2.08. The highest BCUT2D eigenvalue weighted by atomic mass is 32.1. The van der Waals surface area contributed by atoms with Crippen LogP contribution in [-0.2, 0) is 6.42 Å². The Hall–Kier alpha value is -1.62. The van der Waals surface area contributed by atoms with E-state index in [4.69, 9.17) is 0 Å². The maximum atomic E-state index is 11.6. The van der Waals surface area contributed by atoms with E-state index in [1.54, 1.807) is 11.3 Å². The predicted molar refractivity (Wildman–Crippen MR) is 80.1 cm³/mol. The first-order chi connectivity index (χ1) is 9.04. The van der Waals surface area contributed by atoms with Crippen LogP contribution >= 0.6 is 11.3 Å². The monoisotopic (exact) mass is 277 g/mol. The minimum atomic E-state index is -0.107. The van der Waals surface area contributed by atoms with E-state index in [9.17, 15) is 4.79 Å². The van der Waals surface area contributed by atoms with Gasteiger partial charge in [-0.1, -0.05) is 19.9 Å². The maximum absolute atomic E-state index is 11.6. The van der Waals surface area contributed by atoms with Crippen LogP contribution < -0.4 is 10.9 Å². The zero-order valence-electron chi connectivity index (χ0n) is 11.4. The first-order valence-corrected chi connectivity index (χ1v) is 7.32. The lowest BCUT2D eigenvalue weighted by molar-refractivity contribution is 0.751. The second-order valence-corrected chi connectivity index (χ2v) is 6.03. The lowest BCUT2D eigenvalue weighted by atomic mass is 10.2. The van der Waals surface area contributed by atoms with Crippen molar-refractivity contribution in [3.63, 3.8) is 0 Å². The molecule has 0 bridgehead atoms. The molecule has 5 heteroatoms. The van der Waals surface area contributed by atoms with Crippen LogP contribution in [0.25, 0.3) is 0 Å². The van der Waals surface area contributed by atoms with Gasteiger partial charge in [-0.05, 0) is 18.4 Å². The maximum Gasteiger partial charge on any atom is 0.252 e. The Kier molecular flexibility index (Phi) is 4.37. The molecular formula is C14H19N3OS. The van der Waals surface area contributed by atoms with Gasteiger partial charge in [0.05, 0.1) is 0 Å². The van der Waals surface area contributed by atoms with E-state index in [0.717, 1.165) is 12.2 Å². The fourth-order valence-electron chi connectivity index (χ4n) is 1.86. The number of rotatable bonds is 5. The summed E-state index contributed by atoms with van der Waals surface area (Å²) < 4.78 is 0. The molecule has 0 saturated carbocycles. The zero-order valence-corrected chi connectivity index (χ0v) is 12.3. The molecule has 1 unspecified atom stereocenters. The molecule has 0 aliphatic heterocycles. The van der Waals surface area contributed by atoms with Crippen LogP contribution in [0.5, 0.6) is 0 Å². The molecule has 0 aliphatic carbocycles. The summed E-state index contributed by atoms with van der Waals surface area (Å²) in [5.41, 5.74) is -0.107. The van der Waals surface area contributed by atoms with Crippen molar-refractivity contribution in [3.05, 3.63) is 44.6 Å². The molecule has 2 aromatic heterocycles. The molecule has 1 atom stereocenters. The number of nitrogens with one attached hydrogen (secondary N) is 2. The van der Waals surface area contributed by atoms with Crippen molar-refractivity contribution < 1.29 is 0 Å². The van der Waals surface area contributed by atoms with Gasteiger partial charge in [-0.3, -0.25) is 4.79 Å². The quantitative estimate of drug-likeness (QED) is 0.883. The van der Waals surface area contributed by atoms with Crippen LogP contribution in [0.3, 0.4) is 0 Å². The Labute approximate surface area is 116 Å². The third kappa shape index (κ3) is 3.92. The molecule has 0 fully saturated rings. The molecule has 19 heavy (non-hydrogen) atoms. The lowest BCUT2D eigenvalue weighted by Gasteiger charge is -2.14. The van der Waals surface area contributed by atoms with Crippen molar-refractivity contribution in [2.24, 2.45) is 0 Å². The van der Waals surface area contributed by atoms with Crippen LogP contribution in [0.4, 0.5) is 5.82 Å². The number of thiophene rings is 1. The smallest absolute Gasteiger partial charge is 0.252 e. The molecule has 2 N–H and O–H groups in total. The number of aromatic nitrogens is 2. The standard InChI is InChI=1S/C14H19N3OS/c1-9(2)14-16-12(8-13(18)17-14)15-10(3)7-11-5-4-6-19-11/h4-6,8-10H,7H2,1-3H3,(H2,15,16,17,18). The normalized spacial score (nSPS) is 12.6. The van der Waals surface area contributed by atoms with Crippen molar-refractivity contribution in [1.82, 2.24) is 9.97 Å². The fraction of sp³-hybridized carbons (Fsp3) is 0.429. The van der Waals surface area contributed by atoms with Crippen molar-refractivity contribution in [2.75, 3.05) is 5.32 Å². The SMILES string of the molecule is CC(Cc1cccs1)Nc1cc(=O)[nH]c(C(C)C)n1. The van der Waals surface area contributed by atoms with Gasteiger partial charge in [0.15, 0.2) is 0 Å². The third-order valence-electron chi connectivity index (χ3n) is 2.79. The molecule has 0 aliphatic rings. The second kappa shape index (κ2) is 6.02. The number of anilines is 1. The van der Waals surface area contributed by atoms with Gasteiger partial charge in [-0.25, -0.2) is 4.98 Å². The van der Waals surface area contributed by atoms with Gasteiger partial charge in [-0.2, -0.15) is 0 Å². The zero-order chi connectivity index (χ0) is 13.8. The topological polar surface area (TPSA) is 57.8 Å². The van der Waals surface area contributed by atoms with Crippen LogP contribution in [0.15, 0.2) is 28.4 Å². The number of H-pyrrole nitrogens is 1. The summed E-state index contributed by atoms with van der Waals surface area (Å²) >= 11 is 1.74. The van der Waals surface area contributed by atoms with Crippen molar-refractivity contribution in [2.45, 2.75) is 39.2 Å².